The zero-order valence-corrected chi connectivity index (χ0v) is 41.5. The summed E-state index contributed by atoms with van der Waals surface area (Å²) in [5.74, 6) is 1.79. The lowest BCUT2D eigenvalue weighted by Crippen LogP contribution is -2.19. The van der Waals surface area contributed by atoms with Crippen molar-refractivity contribution in [1.82, 2.24) is 24.1 Å². The van der Waals surface area contributed by atoms with Gasteiger partial charge in [-0.1, -0.05) is 149 Å². The van der Waals surface area contributed by atoms with E-state index in [1.54, 1.807) is 0 Å². The number of rotatable bonds is 7. The maximum Gasteiger partial charge on any atom is 0.147 e. The van der Waals surface area contributed by atoms with E-state index in [9.17, 15) is 0 Å². The molecule has 0 spiro atoms. The van der Waals surface area contributed by atoms with Crippen LogP contribution in [0.4, 0.5) is 0 Å². The van der Waals surface area contributed by atoms with Crippen LogP contribution in [0.1, 0.15) is 73.6 Å². The fraction of sp³-hybridized carbons (Fsp3) is 0.169. The normalized spacial score (nSPS) is 12.4. The van der Waals surface area contributed by atoms with Gasteiger partial charge in [-0.25, -0.2) is 9.97 Å². The summed E-state index contributed by atoms with van der Waals surface area (Å²) < 4.78 is 4.71. The van der Waals surface area contributed by atoms with E-state index in [0.29, 0.717) is 0 Å². The van der Waals surface area contributed by atoms with Crippen molar-refractivity contribution in [2.45, 2.75) is 73.1 Å². The van der Waals surface area contributed by atoms with Crippen LogP contribution < -0.4 is 0 Å². The molecule has 8 aromatic carbocycles. The van der Waals surface area contributed by atoms with Crippen LogP contribution in [0, 0.1) is 27.7 Å². The number of H-pyrrole nitrogens is 1. The first-order valence-electron chi connectivity index (χ1n) is 24.6. The SMILES string of the molecule is Cc1cc(C)c(-c2ccnc(-n3c4ccc(C)cc4c4ccc(-c5cccc6c5nc(-c5cc(C(C)(C)C)cc7c5[nH]c5cccc(C(C)(C)c8ccccc8)c57)n6-c5ccccc5)cc43)c2)c(C)c1. The molecule has 0 aliphatic rings. The van der Waals surface area contributed by atoms with E-state index in [2.05, 4.69) is 246 Å². The van der Waals surface area contributed by atoms with Crippen molar-refractivity contribution < 1.29 is 0 Å². The standard InChI is InChI=1S/C65H57N5/c1-39-26-29-55-50(34-39)49-28-27-43(35-57(49)70(55)58-36-44(30-31-66-58)59-41(3)32-40(2)33-42(59)4)48-22-16-25-56-62(48)68-63(69(56)47-20-14-11-15-21-47)52-38-46(64(5,6)7)37-51-60-53(23-17-24-54(60)67-61(51)52)65(8,9)45-18-12-10-13-19-45/h10-38,67H,1-9H3. The van der Waals surface area contributed by atoms with Gasteiger partial charge in [0.25, 0.3) is 0 Å². The van der Waals surface area contributed by atoms with E-state index in [-0.39, 0.29) is 10.8 Å². The van der Waals surface area contributed by atoms with Crippen LogP contribution in [-0.4, -0.2) is 24.1 Å². The number of fused-ring (bicyclic) bond motifs is 7. The van der Waals surface area contributed by atoms with Crippen molar-refractivity contribution in [2.24, 2.45) is 0 Å². The molecule has 0 fully saturated rings. The van der Waals surface area contributed by atoms with E-state index in [4.69, 9.17) is 9.97 Å². The molecule has 0 unspecified atom stereocenters. The van der Waals surface area contributed by atoms with Gasteiger partial charge in [0.15, 0.2) is 0 Å². The topological polar surface area (TPSA) is 51.4 Å². The van der Waals surface area contributed by atoms with Crippen LogP contribution in [0.15, 0.2) is 176 Å². The highest BCUT2D eigenvalue weighted by molar-refractivity contribution is 6.15. The summed E-state index contributed by atoms with van der Waals surface area (Å²) in [4.78, 5) is 14.9. The van der Waals surface area contributed by atoms with Crippen LogP contribution >= 0.6 is 0 Å². The Morgan fingerprint density at radius 1 is 0.500 bits per heavy atom. The van der Waals surface area contributed by atoms with Crippen molar-refractivity contribution in [2.75, 3.05) is 0 Å². The fourth-order valence-corrected chi connectivity index (χ4v) is 11.4. The maximum atomic E-state index is 5.80. The molecule has 4 heterocycles. The van der Waals surface area contributed by atoms with Crippen molar-refractivity contribution in [3.8, 4) is 45.1 Å². The van der Waals surface area contributed by atoms with Gasteiger partial charge >= 0.3 is 0 Å². The molecule has 0 saturated carbocycles. The molecule has 0 amide bonds. The number of nitrogens with one attached hydrogen (secondary N) is 1. The Morgan fingerprint density at radius 2 is 1.24 bits per heavy atom. The molecule has 1 N–H and O–H groups in total. The Morgan fingerprint density at radius 3 is 2.00 bits per heavy atom. The van der Waals surface area contributed by atoms with Crippen LogP contribution in [0.3, 0.4) is 0 Å². The average Bonchev–Trinajstić information content (AvgIpc) is 4.03. The smallest absolute Gasteiger partial charge is 0.147 e. The van der Waals surface area contributed by atoms with Crippen molar-refractivity contribution in [3.63, 3.8) is 0 Å². The molecule has 5 nitrogen and oxygen atoms in total. The number of nitrogens with zero attached hydrogens (tertiary/aromatic N) is 4. The molecule has 70 heavy (non-hydrogen) atoms. The molecule has 12 rings (SSSR count). The van der Waals surface area contributed by atoms with Gasteiger partial charge in [-0.05, 0) is 144 Å². The number of hydrogen-bond acceptors (Lipinski definition) is 2. The van der Waals surface area contributed by atoms with Crippen LogP contribution in [-0.2, 0) is 10.8 Å². The second-order valence-corrected chi connectivity index (χ2v) is 21.1. The molecular weight excluding hydrogens is 851 g/mol. The minimum Gasteiger partial charge on any atom is -0.354 e. The lowest BCUT2D eigenvalue weighted by atomic mass is 9.76. The number of pyridine rings is 1. The summed E-state index contributed by atoms with van der Waals surface area (Å²) >= 11 is 0. The summed E-state index contributed by atoms with van der Waals surface area (Å²) in [6.45, 7) is 20.4. The van der Waals surface area contributed by atoms with E-state index >= 15 is 0 Å². The summed E-state index contributed by atoms with van der Waals surface area (Å²) in [5.41, 5.74) is 21.6. The number of benzene rings is 8. The third kappa shape index (κ3) is 6.89. The molecule has 0 radical (unpaired) electrons. The molecule has 0 aliphatic carbocycles. The Labute approximate surface area is 410 Å². The minimum atomic E-state index is -0.246. The second-order valence-electron chi connectivity index (χ2n) is 21.1. The van der Waals surface area contributed by atoms with E-state index < -0.39 is 0 Å². The molecule has 5 heteroatoms. The van der Waals surface area contributed by atoms with E-state index in [1.165, 1.54) is 66.1 Å². The number of aromatic nitrogens is 5. The van der Waals surface area contributed by atoms with Gasteiger partial charge in [-0.15, -0.1) is 0 Å². The van der Waals surface area contributed by atoms with Crippen LogP contribution in [0.2, 0.25) is 0 Å². The third-order valence-electron chi connectivity index (χ3n) is 14.9. The third-order valence-corrected chi connectivity index (χ3v) is 14.9. The van der Waals surface area contributed by atoms with Crippen LogP contribution in [0.5, 0.6) is 0 Å². The molecule has 0 saturated heterocycles. The van der Waals surface area contributed by atoms with Crippen molar-refractivity contribution in [1.29, 1.82) is 0 Å². The summed E-state index contributed by atoms with van der Waals surface area (Å²) in [7, 11) is 0. The largest absolute Gasteiger partial charge is 0.354 e. The van der Waals surface area contributed by atoms with Gasteiger partial charge in [0.05, 0.1) is 27.6 Å². The Kier molecular flexibility index (Phi) is 9.91. The highest BCUT2D eigenvalue weighted by atomic mass is 15.1. The van der Waals surface area contributed by atoms with Gasteiger partial charge in [-0.2, -0.15) is 0 Å². The molecular formula is C65H57N5. The maximum absolute atomic E-state index is 5.80. The van der Waals surface area contributed by atoms with Gasteiger partial charge in [0, 0.05) is 55.5 Å². The first-order valence-corrected chi connectivity index (χ1v) is 24.6. The first-order chi connectivity index (χ1) is 33.7. The minimum absolute atomic E-state index is 0.135. The Balaban J connectivity index is 1.11. The van der Waals surface area contributed by atoms with Gasteiger partial charge in [0.1, 0.15) is 11.6 Å². The second kappa shape index (κ2) is 16.0. The number of aryl methyl sites for hydroxylation is 4. The molecule has 0 atom stereocenters. The van der Waals surface area contributed by atoms with Crippen molar-refractivity contribution in [3.05, 3.63) is 215 Å². The summed E-state index contributed by atoms with van der Waals surface area (Å²) in [5, 5.41) is 4.87. The monoisotopic (exact) mass is 907 g/mol. The number of aromatic amines is 1. The number of imidazole rings is 1. The first kappa shape index (κ1) is 43.3. The zero-order valence-electron chi connectivity index (χ0n) is 41.5. The number of hydrogen-bond donors (Lipinski definition) is 1. The van der Waals surface area contributed by atoms with Gasteiger partial charge in [0.2, 0.25) is 0 Å². The van der Waals surface area contributed by atoms with Crippen LogP contribution in [0.25, 0.3) is 99.8 Å². The molecule has 342 valence electrons. The summed E-state index contributed by atoms with van der Waals surface area (Å²) in [6, 6.07) is 62.4. The molecule has 4 aromatic heterocycles. The number of para-hydroxylation sites is 2. The Bertz CT molecular complexity index is 4020. The fourth-order valence-electron chi connectivity index (χ4n) is 11.4. The summed E-state index contributed by atoms with van der Waals surface area (Å²) in [6.07, 6.45) is 1.96. The highest BCUT2D eigenvalue weighted by Crippen LogP contribution is 2.45. The quantitative estimate of drug-likeness (QED) is 0.173. The molecule has 0 aliphatic heterocycles. The Hall–Kier alpha value is -8.02. The van der Waals surface area contributed by atoms with Gasteiger partial charge < -0.3 is 4.98 Å². The predicted octanol–water partition coefficient (Wildman–Crippen LogP) is 17.0. The van der Waals surface area contributed by atoms with E-state index in [0.717, 1.165) is 72.7 Å². The lowest BCUT2D eigenvalue weighted by molar-refractivity contribution is 0.591. The lowest BCUT2D eigenvalue weighted by Gasteiger charge is -2.27. The predicted molar refractivity (Wildman–Crippen MR) is 295 cm³/mol. The zero-order chi connectivity index (χ0) is 48.2. The average molecular weight is 908 g/mol. The highest BCUT2D eigenvalue weighted by Gasteiger charge is 2.30. The van der Waals surface area contributed by atoms with Gasteiger partial charge in [-0.3, -0.25) is 9.13 Å². The van der Waals surface area contributed by atoms with E-state index in [1.807, 2.05) is 6.20 Å². The molecule has 0 bridgehead atoms. The molecule has 12 aromatic rings. The van der Waals surface area contributed by atoms with Crippen molar-refractivity contribution >= 4 is 54.6 Å².